The third kappa shape index (κ3) is 6.95. The van der Waals surface area contributed by atoms with E-state index in [1.165, 1.54) is 0 Å². The fraction of sp³-hybridized carbons (Fsp3) is 1.00. The minimum atomic E-state index is -0.143. The zero-order valence-corrected chi connectivity index (χ0v) is 10.9. The lowest BCUT2D eigenvalue weighted by Crippen LogP contribution is -2.41. The Morgan fingerprint density at radius 3 is 2.65 bits per heavy atom. The maximum Gasteiger partial charge on any atom is 0.159 e. The number of hydrogen-bond donors (Lipinski definition) is 1. The monoisotopic (exact) mass is 247 g/mol. The van der Waals surface area contributed by atoms with Gasteiger partial charge < -0.3 is 24.3 Å². The molecule has 1 heterocycles. The molecule has 1 unspecified atom stereocenters. The molecule has 1 N–H and O–H groups in total. The van der Waals surface area contributed by atoms with Crippen molar-refractivity contribution in [3.63, 3.8) is 0 Å². The zero-order valence-electron chi connectivity index (χ0n) is 10.9. The van der Waals surface area contributed by atoms with E-state index in [9.17, 15) is 0 Å². The van der Waals surface area contributed by atoms with E-state index in [2.05, 4.69) is 5.32 Å². The molecule has 5 nitrogen and oxygen atoms in total. The Morgan fingerprint density at radius 2 is 2.06 bits per heavy atom. The van der Waals surface area contributed by atoms with Crippen molar-refractivity contribution in [1.82, 2.24) is 5.32 Å². The van der Waals surface area contributed by atoms with Crippen LogP contribution < -0.4 is 5.32 Å². The van der Waals surface area contributed by atoms with E-state index in [1.807, 2.05) is 13.8 Å². The van der Waals surface area contributed by atoms with Crippen LogP contribution in [0.1, 0.15) is 20.3 Å². The second-order valence-electron chi connectivity index (χ2n) is 3.90. The molecule has 1 aliphatic rings. The number of hydrogen-bond acceptors (Lipinski definition) is 5. The first-order valence-corrected chi connectivity index (χ1v) is 6.50. The highest BCUT2D eigenvalue weighted by Gasteiger charge is 2.14. The van der Waals surface area contributed by atoms with Crippen LogP contribution >= 0.6 is 0 Å². The van der Waals surface area contributed by atoms with Gasteiger partial charge in [0.25, 0.3) is 0 Å². The fourth-order valence-corrected chi connectivity index (χ4v) is 1.71. The summed E-state index contributed by atoms with van der Waals surface area (Å²) in [5, 5.41) is 3.27. The number of ether oxygens (including phenoxy) is 4. The summed E-state index contributed by atoms with van der Waals surface area (Å²) in [5.74, 6) is 0. The van der Waals surface area contributed by atoms with Gasteiger partial charge in [-0.05, 0) is 13.8 Å². The average molecular weight is 247 g/mol. The van der Waals surface area contributed by atoms with Crippen LogP contribution in [0.3, 0.4) is 0 Å². The van der Waals surface area contributed by atoms with Gasteiger partial charge in [0.05, 0.1) is 25.9 Å². The van der Waals surface area contributed by atoms with Gasteiger partial charge in [0.1, 0.15) is 0 Å². The Balaban J connectivity index is 2.00. The van der Waals surface area contributed by atoms with Gasteiger partial charge in [0, 0.05) is 32.7 Å². The van der Waals surface area contributed by atoms with Crippen molar-refractivity contribution in [3.8, 4) is 0 Å². The smallest absolute Gasteiger partial charge is 0.159 e. The minimum absolute atomic E-state index is 0.143. The number of nitrogens with one attached hydrogen (secondary N) is 1. The topological polar surface area (TPSA) is 49.0 Å². The summed E-state index contributed by atoms with van der Waals surface area (Å²) in [6.45, 7) is 9.13. The molecule has 1 atom stereocenters. The van der Waals surface area contributed by atoms with Gasteiger partial charge in [-0.2, -0.15) is 0 Å². The minimum Gasteiger partial charge on any atom is -0.379 e. The third-order valence-corrected chi connectivity index (χ3v) is 2.51. The highest BCUT2D eigenvalue weighted by Crippen LogP contribution is 2.03. The van der Waals surface area contributed by atoms with Crippen molar-refractivity contribution in [2.45, 2.75) is 32.7 Å². The Labute approximate surface area is 104 Å². The van der Waals surface area contributed by atoms with Crippen molar-refractivity contribution >= 4 is 0 Å². The van der Waals surface area contributed by atoms with E-state index in [0.717, 1.165) is 26.1 Å². The van der Waals surface area contributed by atoms with Crippen molar-refractivity contribution in [1.29, 1.82) is 0 Å². The lowest BCUT2D eigenvalue weighted by molar-refractivity contribution is -0.149. The zero-order chi connectivity index (χ0) is 12.3. The van der Waals surface area contributed by atoms with Crippen LogP contribution in [0.4, 0.5) is 0 Å². The molecule has 0 bridgehead atoms. The highest BCUT2D eigenvalue weighted by atomic mass is 16.7. The average Bonchev–Trinajstić information content (AvgIpc) is 2.36. The van der Waals surface area contributed by atoms with E-state index in [4.69, 9.17) is 18.9 Å². The van der Waals surface area contributed by atoms with Crippen LogP contribution in [0.15, 0.2) is 0 Å². The van der Waals surface area contributed by atoms with E-state index < -0.39 is 0 Å². The second kappa shape index (κ2) is 9.79. The molecule has 17 heavy (non-hydrogen) atoms. The van der Waals surface area contributed by atoms with Crippen molar-refractivity contribution < 1.29 is 18.9 Å². The Hall–Kier alpha value is -0.200. The first kappa shape index (κ1) is 14.9. The first-order valence-electron chi connectivity index (χ1n) is 6.50. The summed E-state index contributed by atoms with van der Waals surface area (Å²) in [6, 6.07) is 0. The first-order chi connectivity index (χ1) is 8.36. The maximum atomic E-state index is 5.57. The standard InChI is InChI=1S/C12H25NO4/c1-3-15-12(16-4-2)5-7-14-10-11-9-13-6-8-17-11/h11-13H,3-10H2,1-2H3. The van der Waals surface area contributed by atoms with Gasteiger partial charge >= 0.3 is 0 Å². The van der Waals surface area contributed by atoms with Crippen LogP contribution in [0.25, 0.3) is 0 Å². The second-order valence-corrected chi connectivity index (χ2v) is 3.90. The fourth-order valence-electron chi connectivity index (χ4n) is 1.71. The van der Waals surface area contributed by atoms with Gasteiger partial charge in [0.15, 0.2) is 6.29 Å². The molecular formula is C12H25NO4. The molecular weight excluding hydrogens is 222 g/mol. The summed E-state index contributed by atoms with van der Waals surface area (Å²) < 4.78 is 22.0. The molecule has 0 saturated carbocycles. The predicted octanol–water partition coefficient (Wildman–Crippen LogP) is 0.781. The third-order valence-electron chi connectivity index (χ3n) is 2.51. The molecule has 1 rings (SSSR count). The number of rotatable bonds is 9. The molecule has 0 aromatic heterocycles. The molecule has 1 saturated heterocycles. The molecule has 0 radical (unpaired) electrons. The lowest BCUT2D eigenvalue weighted by atomic mass is 10.3. The predicted molar refractivity (Wildman–Crippen MR) is 65.1 cm³/mol. The Morgan fingerprint density at radius 1 is 1.29 bits per heavy atom. The molecule has 0 amide bonds. The van der Waals surface area contributed by atoms with Gasteiger partial charge in [0.2, 0.25) is 0 Å². The molecule has 0 aromatic rings. The van der Waals surface area contributed by atoms with Crippen LogP contribution in [-0.4, -0.2) is 58.5 Å². The molecule has 1 fully saturated rings. The summed E-state index contributed by atoms with van der Waals surface area (Å²) in [4.78, 5) is 0. The molecule has 102 valence electrons. The van der Waals surface area contributed by atoms with Gasteiger partial charge in [-0.1, -0.05) is 0 Å². The maximum absolute atomic E-state index is 5.57. The highest BCUT2D eigenvalue weighted by molar-refractivity contribution is 4.65. The summed E-state index contributed by atoms with van der Waals surface area (Å²) >= 11 is 0. The molecule has 0 aliphatic carbocycles. The van der Waals surface area contributed by atoms with Gasteiger partial charge in [-0.15, -0.1) is 0 Å². The van der Waals surface area contributed by atoms with E-state index in [0.29, 0.717) is 26.4 Å². The van der Waals surface area contributed by atoms with E-state index in [-0.39, 0.29) is 12.4 Å². The lowest BCUT2D eigenvalue weighted by Gasteiger charge is -2.23. The molecule has 0 spiro atoms. The quantitative estimate of drug-likeness (QED) is 0.482. The summed E-state index contributed by atoms with van der Waals surface area (Å²) in [6.07, 6.45) is 0.804. The van der Waals surface area contributed by atoms with Crippen LogP contribution in [0.2, 0.25) is 0 Å². The van der Waals surface area contributed by atoms with E-state index in [1.54, 1.807) is 0 Å². The van der Waals surface area contributed by atoms with Crippen LogP contribution in [0, 0.1) is 0 Å². The van der Waals surface area contributed by atoms with Crippen molar-refractivity contribution in [3.05, 3.63) is 0 Å². The van der Waals surface area contributed by atoms with E-state index >= 15 is 0 Å². The van der Waals surface area contributed by atoms with Gasteiger partial charge in [-0.3, -0.25) is 0 Å². The Kier molecular flexibility index (Phi) is 8.56. The normalized spacial score (nSPS) is 21.0. The molecule has 5 heteroatoms. The number of morpholine rings is 1. The Bertz CT molecular complexity index is 168. The molecule has 0 aromatic carbocycles. The summed E-state index contributed by atoms with van der Waals surface area (Å²) in [7, 11) is 0. The van der Waals surface area contributed by atoms with Crippen molar-refractivity contribution in [2.24, 2.45) is 0 Å². The largest absolute Gasteiger partial charge is 0.379 e. The SMILES string of the molecule is CCOC(CCOCC1CNCCO1)OCC. The van der Waals surface area contributed by atoms with Crippen LogP contribution in [0.5, 0.6) is 0 Å². The van der Waals surface area contributed by atoms with Gasteiger partial charge in [-0.25, -0.2) is 0 Å². The molecule has 1 aliphatic heterocycles. The van der Waals surface area contributed by atoms with Crippen molar-refractivity contribution in [2.75, 3.05) is 46.1 Å². The van der Waals surface area contributed by atoms with Crippen LogP contribution in [-0.2, 0) is 18.9 Å². The summed E-state index contributed by atoms with van der Waals surface area (Å²) in [5.41, 5.74) is 0.